The van der Waals surface area contributed by atoms with E-state index in [0.29, 0.717) is 16.9 Å². The predicted molar refractivity (Wildman–Crippen MR) is 61.5 cm³/mol. The molecule has 0 saturated heterocycles. The zero-order valence-electron chi connectivity index (χ0n) is 9.38. The van der Waals surface area contributed by atoms with Crippen molar-refractivity contribution in [2.24, 2.45) is 0 Å². The van der Waals surface area contributed by atoms with Crippen molar-refractivity contribution >= 4 is 17.1 Å². The first kappa shape index (κ1) is 11.1. The molecule has 0 atom stereocenters. The summed E-state index contributed by atoms with van der Waals surface area (Å²) in [5.41, 5.74) is 1.35. The van der Waals surface area contributed by atoms with E-state index in [1.807, 2.05) is 18.2 Å². The molecule has 1 aromatic heterocycles. The summed E-state index contributed by atoms with van der Waals surface area (Å²) in [7, 11) is 0. The minimum absolute atomic E-state index is 0.0769. The monoisotopic (exact) mass is 229 g/mol. The van der Waals surface area contributed by atoms with Crippen LogP contribution >= 0.6 is 0 Å². The third kappa shape index (κ3) is 1.97. The molecule has 2 aromatic rings. The highest BCUT2D eigenvalue weighted by Gasteiger charge is 2.16. The second-order valence-corrected chi connectivity index (χ2v) is 3.39. The molecule has 86 valence electrons. The van der Waals surface area contributed by atoms with E-state index in [4.69, 9.17) is 10.00 Å². The molecule has 1 heterocycles. The van der Waals surface area contributed by atoms with Crippen LogP contribution in [0.2, 0.25) is 0 Å². The maximum atomic E-state index is 11.8. The fourth-order valence-corrected chi connectivity index (χ4v) is 1.66. The second-order valence-electron chi connectivity index (χ2n) is 3.39. The number of carbonyl (C=O) groups excluding carboxylic acids is 1. The lowest BCUT2D eigenvalue weighted by molar-refractivity contribution is 0.154. The molecule has 0 saturated carbocycles. The molecule has 0 aliphatic rings. The predicted octanol–water partition coefficient (Wildman–Crippen LogP) is 2.11. The van der Waals surface area contributed by atoms with Gasteiger partial charge >= 0.3 is 6.09 Å². The summed E-state index contributed by atoms with van der Waals surface area (Å²) >= 11 is 0. The Kier molecular flexibility index (Phi) is 3.06. The molecule has 0 fully saturated rings. The Balaban J connectivity index is 2.60. The molecular weight excluding hydrogens is 218 g/mol. The Morgan fingerprint density at radius 2 is 2.29 bits per heavy atom. The van der Waals surface area contributed by atoms with Crippen LogP contribution in [0.4, 0.5) is 4.79 Å². The first-order valence-corrected chi connectivity index (χ1v) is 5.28. The van der Waals surface area contributed by atoms with Crippen molar-refractivity contribution in [1.82, 2.24) is 9.55 Å². The van der Waals surface area contributed by atoms with Gasteiger partial charge in [-0.15, -0.1) is 0 Å². The summed E-state index contributed by atoms with van der Waals surface area (Å²) in [4.78, 5) is 16.1. The SMILES string of the molecule is CCOC(=O)n1c(CC#N)nc2ccccc21. The second kappa shape index (κ2) is 4.66. The van der Waals surface area contributed by atoms with Crippen LogP contribution in [0.15, 0.2) is 24.3 Å². The topological polar surface area (TPSA) is 67.9 Å². The number of fused-ring (bicyclic) bond motifs is 1. The van der Waals surface area contributed by atoms with Gasteiger partial charge in [0, 0.05) is 0 Å². The van der Waals surface area contributed by atoms with Crippen LogP contribution in [0, 0.1) is 11.3 Å². The van der Waals surface area contributed by atoms with Crippen molar-refractivity contribution in [2.75, 3.05) is 6.61 Å². The summed E-state index contributed by atoms with van der Waals surface area (Å²) < 4.78 is 6.31. The molecule has 0 unspecified atom stereocenters. The van der Waals surface area contributed by atoms with Gasteiger partial charge in [0.25, 0.3) is 0 Å². The van der Waals surface area contributed by atoms with Gasteiger partial charge in [0.2, 0.25) is 0 Å². The molecule has 17 heavy (non-hydrogen) atoms. The molecular formula is C12H11N3O2. The molecule has 1 aromatic carbocycles. The number of imidazole rings is 1. The average molecular weight is 229 g/mol. The highest BCUT2D eigenvalue weighted by atomic mass is 16.5. The van der Waals surface area contributed by atoms with Gasteiger partial charge in [0.15, 0.2) is 0 Å². The van der Waals surface area contributed by atoms with E-state index in [-0.39, 0.29) is 13.0 Å². The summed E-state index contributed by atoms with van der Waals surface area (Å²) in [5.74, 6) is 0.409. The quantitative estimate of drug-likeness (QED) is 0.790. The van der Waals surface area contributed by atoms with Gasteiger partial charge in [0.1, 0.15) is 5.82 Å². The van der Waals surface area contributed by atoms with Crippen molar-refractivity contribution in [1.29, 1.82) is 5.26 Å². The van der Waals surface area contributed by atoms with Crippen molar-refractivity contribution < 1.29 is 9.53 Å². The lowest BCUT2D eigenvalue weighted by Crippen LogP contribution is -2.16. The minimum atomic E-state index is -0.494. The lowest BCUT2D eigenvalue weighted by Gasteiger charge is -2.05. The van der Waals surface area contributed by atoms with Gasteiger partial charge in [-0.25, -0.2) is 14.3 Å². The van der Waals surface area contributed by atoms with Crippen molar-refractivity contribution in [2.45, 2.75) is 13.3 Å². The Morgan fingerprint density at radius 3 is 3.00 bits per heavy atom. The van der Waals surface area contributed by atoms with Crippen molar-refractivity contribution in [3.8, 4) is 6.07 Å². The number of carbonyl (C=O) groups is 1. The number of hydrogen-bond acceptors (Lipinski definition) is 4. The van der Waals surface area contributed by atoms with E-state index in [9.17, 15) is 4.79 Å². The van der Waals surface area contributed by atoms with Crippen LogP contribution in [0.5, 0.6) is 0 Å². The van der Waals surface area contributed by atoms with Gasteiger partial charge < -0.3 is 4.74 Å². The van der Waals surface area contributed by atoms with E-state index < -0.39 is 6.09 Å². The van der Waals surface area contributed by atoms with Crippen LogP contribution in [0.25, 0.3) is 11.0 Å². The van der Waals surface area contributed by atoms with Crippen LogP contribution in [-0.4, -0.2) is 22.3 Å². The number of rotatable bonds is 2. The Hall–Kier alpha value is -2.35. The van der Waals surface area contributed by atoms with E-state index in [2.05, 4.69) is 4.98 Å². The zero-order valence-corrected chi connectivity index (χ0v) is 9.38. The van der Waals surface area contributed by atoms with E-state index in [0.717, 1.165) is 0 Å². The molecule has 0 aliphatic heterocycles. The third-order valence-corrected chi connectivity index (χ3v) is 2.32. The Morgan fingerprint density at radius 1 is 1.53 bits per heavy atom. The Labute approximate surface area is 98.2 Å². The number of benzene rings is 1. The maximum Gasteiger partial charge on any atom is 0.420 e. The van der Waals surface area contributed by atoms with Gasteiger partial charge in [-0.2, -0.15) is 5.26 Å². The van der Waals surface area contributed by atoms with Crippen molar-refractivity contribution in [3.63, 3.8) is 0 Å². The number of para-hydroxylation sites is 2. The molecule has 0 spiro atoms. The van der Waals surface area contributed by atoms with E-state index in [1.165, 1.54) is 4.57 Å². The van der Waals surface area contributed by atoms with Gasteiger partial charge in [-0.05, 0) is 19.1 Å². The minimum Gasteiger partial charge on any atom is -0.449 e. The average Bonchev–Trinajstić information content (AvgIpc) is 2.67. The van der Waals surface area contributed by atoms with Gasteiger partial charge in [-0.1, -0.05) is 12.1 Å². The fraction of sp³-hybridized carbons (Fsp3) is 0.250. The standard InChI is InChI=1S/C12H11N3O2/c1-2-17-12(16)15-10-6-4-3-5-9(10)14-11(15)7-8-13/h3-6H,2,7H2,1H3. The van der Waals surface area contributed by atoms with Crippen LogP contribution in [-0.2, 0) is 11.2 Å². The fourth-order valence-electron chi connectivity index (χ4n) is 1.66. The van der Waals surface area contributed by atoms with Crippen LogP contribution < -0.4 is 0 Å². The molecule has 5 heteroatoms. The lowest BCUT2D eigenvalue weighted by atomic mass is 10.3. The summed E-state index contributed by atoms with van der Waals surface area (Å²) in [6.45, 7) is 2.03. The molecule has 0 radical (unpaired) electrons. The zero-order chi connectivity index (χ0) is 12.3. The number of hydrogen-bond donors (Lipinski definition) is 0. The molecule has 0 bridgehead atoms. The molecule has 2 rings (SSSR count). The highest BCUT2D eigenvalue weighted by molar-refractivity contribution is 5.87. The molecule has 0 amide bonds. The Bertz CT molecular complexity index is 595. The first-order chi connectivity index (χ1) is 8.27. The summed E-state index contributed by atoms with van der Waals surface area (Å²) in [6.07, 6.45) is -0.417. The van der Waals surface area contributed by atoms with E-state index >= 15 is 0 Å². The largest absolute Gasteiger partial charge is 0.449 e. The number of nitriles is 1. The normalized spacial score (nSPS) is 10.1. The number of ether oxygens (including phenoxy) is 1. The summed E-state index contributed by atoms with van der Waals surface area (Å²) in [6, 6.07) is 9.22. The highest BCUT2D eigenvalue weighted by Crippen LogP contribution is 2.16. The molecule has 5 nitrogen and oxygen atoms in total. The first-order valence-electron chi connectivity index (χ1n) is 5.28. The van der Waals surface area contributed by atoms with Crippen molar-refractivity contribution in [3.05, 3.63) is 30.1 Å². The third-order valence-electron chi connectivity index (χ3n) is 2.32. The van der Waals surface area contributed by atoms with Gasteiger partial charge in [0.05, 0.1) is 30.1 Å². The van der Waals surface area contributed by atoms with Crippen LogP contribution in [0.1, 0.15) is 12.7 Å². The number of nitrogens with zero attached hydrogens (tertiary/aromatic N) is 3. The summed E-state index contributed by atoms with van der Waals surface area (Å²) in [5, 5.41) is 8.73. The van der Waals surface area contributed by atoms with Gasteiger partial charge in [-0.3, -0.25) is 0 Å². The molecule has 0 N–H and O–H groups in total. The van der Waals surface area contributed by atoms with Crippen LogP contribution in [0.3, 0.4) is 0 Å². The molecule has 0 aliphatic carbocycles. The van der Waals surface area contributed by atoms with E-state index in [1.54, 1.807) is 19.1 Å². The number of aromatic nitrogens is 2. The smallest absolute Gasteiger partial charge is 0.420 e. The maximum absolute atomic E-state index is 11.8.